The van der Waals surface area contributed by atoms with Crippen molar-refractivity contribution < 1.29 is 22.3 Å². The first-order chi connectivity index (χ1) is 14.3. The summed E-state index contributed by atoms with van der Waals surface area (Å²) in [6, 6.07) is 11.0. The third kappa shape index (κ3) is 5.50. The first-order valence-corrected chi connectivity index (χ1v) is 11.5. The Bertz CT molecular complexity index is 1010. The van der Waals surface area contributed by atoms with Crippen molar-refractivity contribution >= 4 is 27.5 Å². The molecule has 1 heterocycles. The average molecular weight is 455 g/mol. The van der Waals surface area contributed by atoms with E-state index in [-0.39, 0.29) is 34.8 Å². The van der Waals surface area contributed by atoms with Gasteiger partial charge in [-0.05, 0) is 55.7 Å². The zero-order chi connectivity index (χ0) is 21.7. The van der Waals surface area contributed by atoms with Crippen molar-refractivity contribution in [2.75, 3.05) is 26.2 Å². The van der Waals surface area contributed by atoms with E-state index in [2.05, 4.69) is 5.32 Å². The van der Waals surface area contributed by atoms with Gasteiger partial charge in [0.15, 0.2) is 0 Å². The molecule has 0 spiro atoms. The second kappa shape index (κ2) is 9.76. The van der Waals surface area contributed by atoms with Crippen molar-refractivity contribution in [2.45, 2.75) is 24.7 Å². The molecule has 2 aromatic carbocycles. The Hall–Kier alpha value is -2.16. The minimum atomic E-state index is -3.78. The molecule has 1 aliphatic heterocycles. The number of nitrogens with one attached hydrogen (secondary N) is 1. The molecule has 1 amide bonds. The number of aryl methyl sites for hydroxylation is 1. The standard InChI is InChI=1S/C21H24ClFN2O4S/c1-15-3-2-4-17(13-15)29-12-9-24-21(26)16-7-10-25(11-8-16)30(27,28)18-5-6-20(23)19(22)14-18/h2-6,13-14,16H,7-12H2,1H3,(H,24,26). The van der Waals surface area contributed by atoms with Gasteiger partial charge in [0.05, 0.1) is 16.5 Å². The van der Waals surface area contributed by atoms with Gasteiger partial charge >= 0.3 is 0 Å². The van der Waals surface area contributed by atoms with Crippen LogP contribution in [0.15, 0.2) is 47.4 Å². The van der Waals surface area contributed by atoms with Crippen LogP contribution in [0.25, 0.3) is 0 Å². The first-order valence-electron chi connectivity index (χ1n) is 9.70. The number of amides is 1. The monoisotopic (exact) mass is 454 g/mol. The topological polar surface area (TPSA) is 75.7 Å². The first kappa shape index (κ1) is 22.5. The van der Waals surface area contributed by atoms with Gasteiger partial charge in [-0.25, -0.2) is 12.8 Å². The fourth-order valence-corrected chi connectivity index (χ4v) is 5.08. The summed E-state index contributed by atoms with van der Waals surface area (Å²) >= 11 is 5.71. The van der Waals surface area contributed by atoms with Crippen molar-refractivity contribution in [2.24, 2.45) is 5.92 Å². The summed E-state index contributed by atoms with van der Waals surface area (Å²) in [6.07, 6.45) is 0.831. The molecule has 0 aromatic heterocycles. The molecule has 1 fully saturated rings. The van der Waals surface area contributed by atoms with Gasteiger partial charge in [-0.1, -0.05) is 23.7 Å². The molecule has 0 radical (unpaired) electrons. The predicted octanol–water partition coefficient (Wildman–Crippen LogP) is 3.38. The molecule has 0 aliphatic carbocycles. The molecule has 1 N–H and O–H groups in total. The zero-order valence-electron chi connectivity index (χ0n) is 16.6. The summed E-state index contributed by atoms with van der Waals surface area (Å²) in [5, 5.41) is 2.61. The lowest BCUT2D eigenvalue weighted by molar-refractivity contribution is -0.126. The molecule has 30 heavy (non-hydrogen) atoms. The largest absolute Gasteiger partial charge is 0.492 e. The van der Waals surface area contributed by atoms with Crippen molar-refractivity contribution in [3.05, 3.63) is 58.9 Å². The lowest BCUT2D eigenvalue weighted by Gasteiger charge is -2.30. The lowest BCUT2D eigenvalue weighted by Crippen LogP contribution is -2.43. The number of nitrogens with zero attached hydrogens (tertiary/aromatic N) is 1. The number of piperidine rings is 1. The van der Waals surface area contributed by atoms with Crippen LogP contribution < -0.4 is 10.1 Å². The Labute approximate surface area is 181 Å². The van der Waals surface area contributed by atoms with Gasteiger partial charge in [0, 0.05) is 19.0 Å². The highest BCUT2D eigenvalue weighted by Crippen LogP contribution is 2.26. The number of carbonyl (C=O) groups excluding carboxylic acids is 1. The summed E-state index contributed by atoms with van der Waals surface area (Å²) in [5.74, 6) is -0.280. The molecular formula is C21H24ClFN2O4S. The van der Waals surface area contributed by atoms with Crippen LogP contribution in [0.2, 0.25) is 5.02 Å². The molecule has 0 saturated carbocycles. The van der Waals surface area contributed by atoms with Crippen molar-refractivity contribution in [1.82, 2.24) is 9.62 Å². The van der Waals surface area contributed by atoms with Crippen LogP contribution in [0.5, 0.6) is 5.75 Å². The van der Waals surface area contributed by atoms with E-state index in [0.29, 0.717) is 26.0 Å². The number of benzene rings is 2. The number of sulfonamides is 1. The summed E-state index contributed by atoms with van der Waals surface area (Å²) in [6.45, 7) is 3.14. The Morgan fingerprint density at radius 2 is 1.97 bits per heavy atom. The summed E-state index contributed by atoms with van der Waals surface area (Å²) in [5.41, 5.74) is 1.10. The fourth-order valence-electron chi connectivity index (χ4n) is 3.34. The second-order valence-corrected chi connectivity index (χ2v) is 9.56. The third-order valence-electron chi connectivity index (χ3n) is 5.01. The number of carbonyl (C=O) groups is 1. The quantitative estimate of drug-likeness (QED) is 0.651. The number of hydrogen-bond acceptors (Lipinski definition) is 4. The summed E-state index contributed by atoms with van der Waals surface area (Å²) in [4.78, 5) is 12.3. The maximum atomic E-state index is 13.3. The van der Waals surface area contributed by atoms with E-state index >= 15 is 0 Å². The highest BCUT2D eigenvalue weighted by molar-refractivity contribution is 7.89. The summed E-state index contributed by atoms with van der Waals surface area (Å²) < 4.78 is 45.7. The Balaban J connectivity index is 1.46. The molecule has 1 aliphatic rings. The molecule has 1 saturated heterocycles. The van der Waals surface area contributed by atoms with Crippen LogP contribution in [0, 0.1) is 18.7 Å². The van der Waals surface area contributed by atoms with E-state index in [1.165, 1.54) is 10.4 Å². The highest BCUT2D eigenvalue weighted by Gasteiger charge is 2.32. The Morgan fingerprint density at radius 1 is 1.23 bits per heavy atom. The molecule has 3 rings (SSSR count). The molecule has 2 aromatic rings. The second-order valence-electron chi connectivity index (χ2n) is 7.21. The zero-order valence-corrected chi connectivity index (χ0v) is 18.2. The minimum Gasteiger partial charge on any atom is -0.492 e. The molecular weight excluding hydrogens is 431 g/mol. The average Bonchev–Trinajstić information content (AvgIpc) is 2.73. The van der Waals surface area contributed by atoms with E-state index in [9.17, 15) is 17.6 Å². The SMILES string of the molecule is Cc1cccc(OCCNC(=O)C2CCN(S(=O)(=O)c3ccc(F)c(Cl)c3)CC2)c1. The minimum absolute atomic E-state index is 0.0508. The maximum absolute atomic E-state index is 13.3. The molecule has 0 atom stereocenters. The molecule has 9 heteroatoms. The van der Waals surface area contributed by atoms with E-state index in [4.69, 9.17) is 16.3 Å². The van der Waals surface area contributed by atoms with Gasteiger partial charge in [-0.15, -0.1) is 0 Å². The van der Waals surface area contributed by atoms with Crippen molar-refractivity contribution in [3.8, 4) is 5.75 Å². The van der Waals surface area contributed by atoms with Gasteiger partial charge < -0.3 is 10.1 Å². The number of halogens is 2. The van der Waals surface area contributed by atoms with Gasteiger partial charge in [0.25, 0.3) is 0 Å². The van der Waals surface area contributed by atoms with Crippen molar-refractivity contribution in [3.63, 3.8) is 0 Å². The molecule has 0 bridgehead atoms. The number of hydrogen-bond donors (Lipinski definition) is 1. The highest BCUT2D eigenvalue weighted by atomic mass is 35.5. The van der Waals surface area contributed by atoms with E-state index < -0.39 is 15.8 Å². The normalized spacial score (nSPS) is 15.7. The van der Waals surface area contributed by atoms with E-state index in [1.54, 1.807) is 0 Å². The Kier molecular flexibility index (Phi) is 7.33. The number of rotatable bonds is 7. The van der Waals surface area contributed by atoms with E-state index in [1.807, 2.05) is 31.2 Å². The summed E-state index contributed by atoms with van der Waals surface area (Å²) in [7, 11) is -3.78. The van der Waals surface area contributed by atoms with Gasteiger partial charge in [-0.2, -0.15) is 4.31 Å². The molecule has 162 valence electrons. The molecule has 6 nitrogen and oxygen atoms in total. The van der Waals surface area contributed by atoms with Gasteiger partial charge in [-0.3, -0.25) is 4.79 Å². The predicted molar refractivity (Wildman–Crippen MR) is 113 cm³/mol. The number of ether oxygens (including phenoxy) is 1. The maximum Gasteiger partial charge on any atom is 0.243 e. The van der Waals surface area contributed by atoms with Crippen LogP contribution in [-0.4, -0.2) is 44.9 Å². The third-order valence-corrected chi connectivity index (χ3v) is 7.20. The fraction of sp³-hybridized carbons (Fsp3) is 0.381. The Morgan fingerprint density at radius 3 is 2.63 bits per heavy atom. The van der Waals surface area contributed by atoms with Crippen LogP contribution in [-0.2, 0) is 14.8 Å². The lowest BCUT2D eigenvalue weighted by atomic mass is 9.97. The van der Waals surface area contributed by atoms with Gasteiger partial charge in [0.1, 0.15) is 18.2 Å². The smallest absolute Gasteiger partial charge is 0.243 e. The van der Waals surface area contributed by atoms with Crippen LogP contribution in [0.4, 0.5) is 4.39 Å². The van der Waals surface area contributed by atoms with Crippen LogP contribution >= 0.6 is 11.6 Å². The van der Waals surface area contributed by atoms with Gasteiger partial charge in [0.2, 0.25) is 15.9 Å². The van der Waals surface area contributed by atoms with Crippen LogP contribution in [0.3, 0.4) is 0 Å². The van der Waals surface area contributed by atoms with Crippen LogP contribution in [0.1, 0.15) is 18.4 Å². The molecule has 0 unspecified atom stereocenters. The van der Waals surface area contributed by atoms with Crippen molar-refractivity contribution in [1.29, 1.82) is 0 Å². The van der Waals surface area contributed by atoms with E-state index in [0.717, 1.165) is 23.4 Å².